The molecule has 0 unspecified atom stereocenters. The number of aryl methyl sites for hydroxylation is 1. The monoisotopic (exact) mass is 248 g/mol. The summed E-state index contributed by atoms with van der Waals surface area (Å²) >= 11 is 0. The van der Waals surface area contributed by atoms with E-state index in [0.29, 0.717) is 19.4 Å². The maximum absolute atomic E-state index is 11.7. The van der Waals surface area contributed by atoms with Gasteiger partial charge in [-0.2, -0.15) is 0 Å². The third-order valence-electron chi connectivity index (χ3n) is 3.58. The highest BCUT2D eigenvalue weighted by Crippen LogP contribution is 2.30. The van der Waals surface area contributed by atoms with E-state index in [1.165, 1.54) is 0 Å². The van der Waals surface area contributed by atoms with E-state index < -0.39 is 5.60 Å². The van der Waals surface area contributed by atoms with Crippen LogP contribution >= 0.6 is 0 Å². The molecular formula is C14H20N2O2. The Balaban J connectivity index is 1.73. The summed E-state index contributed by atoms with van der Waals surface area (Å²) < 4.78 is 0. The Morgan fingerprint density at radius 1 is 1.39 bits per heavy atom. The molecule has 1 aromatic carbocycles. The summed E-state index contributed by atoms with van der Waals surface area (Å²) in [7, 11) is 0. The highest BCUT2D eigenvalue weighted by molar-refractivity contribution is 5.76. The SMILES string of the molecule is Nc1ccccc1CCC(=O)NCC1(O)CCC1. The molecule has 98 valence electrons. The maximum atomic E-state index is 11.7. The van der Waals surface area contributed by atoms with Crippen molar-refractivity contribution in [2.75, 3.05) is 12.3 Å². The number of hydrogen-bond acceptors (Lipinski definition) is 3. The van der Waals surface area contributed by atoms with Gasteiger partial charge in [0.1, 0.15) is 0 Å². The van der Waals surface area contributed by atoms with Gasteiger partial charge in [0, 0.05) is 18.7 Å². The molecule has 2 rings (SSSR count). The van der Waals surface area contributed by atoms with Crippen LogP contribution in [0.2, 0.25) is 0 Å². The second kappa shape index (κ2) is 5.40. The molecule has 1 aliphatic rings. The van der Waals surface area contributed by atoms with Gasteiger partial charge in [-0.1, -0.05) is 18.2 Å². The molecule has 4 nitrogen and oxygen atoms in total. The minimum absolute atomic E-state index is 0.0291. The van der Waals surface area contributed by atoms with Crippen LogP contribution in [0.5, 0.6) is 0 Å². The summed E-state index contributed by atoms with van der Waals surface area (Å²) in [4.78, 5) is 11.7. The second-order valence-corrected chi connectivity index (χ2v) is 5.05. The Labute approximate surface area is 107 Å². The van der Waals surface area contributed by atoms with Crippen molar-refractivity contribution in [1.82, 2.24) is 5.32 Å². The number of nitrogens with two attached hydrogens (primary N) is 1. The van der Waals surface area contributed by atoms with Crippen molar-refractivity contribution in [2.45, 2.75) is 37.7 Å². The van der Waals surface area contributed by atoms with Crippen LogP contribution in [0.3, 0.4) is 0 Å². The predicted molar refractivity (Wildman–Crippen MR) is 71.0 cm³/mol. The number of benzene rings is 1. The van der Waals surface area contributed by atoms with E-state index in [4.69, 9.17) is 5.73 Å². The largest absolute Gasteiger partial charge is 0.399 e. The molecule has 0 radical (unpaired) electrons. The number of nitrogen functional groups attached to an aromatic ring is 1. The number of anilines is 1. The lowest BCUT2D eigenvalue weighted by atomic mass is 9.80. The Morgan fingerprint density at radius 3 is 2.72 bits per heavy atom. The van der Waals surface area contributed by atoms with Crippen LogP contribution in [0.4, 0.5) is 5.69 Å². The van der Waals surface area contributed by atoms with Crippen LogP contribution in [0.15, 0.2) is 24.3 Å². The van der Waals surface area contributed by atoms with Gasteiger partial charge in [-0.15, -0.1) is 0 Å². The molecular weight excluding hydrogens is 228 g/mol. The van der Waals surface area contributed by atoms with Gasteiger partial charge in [-0.25, -0.2) is 0 Å². The molecule has 4 N–H and O–H groups in total. The highest BCUT2D eigenvalue weighted by Gasteiger charge is 2.34. The molecule has 0 saturated heterocycles. The van der Waals surface area contributed by atoms with Gasteiger partial charge in [0.25, 0.3) is 0 Å². The summed E-state index contributed by atoms with van der Waals surface area (Å²) in [6.07, 6.45) is 3.67. The maximum Gasteiger partial charge on any atom is 0.220 e. The van der Waals surface area contributed by atoms with E-state index in [2.05, 4.69) is 5.32 Å². The fourth-order valence-corrected chi connectivity index (χ4v) is 2.12. The van der Waals surface area contributed by atoms with Crippen molar-refractivity contribution in [3.05, 3.63) is 29.8 Å². The zero-order chi connectivity index (χ0) is 13.0. The number of rotatable bonds is 5. The van der Waals surface area contributed by atoms with Gasteiger partial charge < -0.3 is 16.2 Å². The normalized spacial score (nSPS) is 16.9. The molecule has 0 spiro atoms. The Kier molecular flexibility index (Phi) is 3.87. The van der Waals surface area contributed by atoms with Gasteiger partial charge in [-0.3, -0.25) is 4.79 Å². The summed E-state index contributed by atoms with van der Waals surface area (Å²) in [5.74, 6) is -0.0291. The molecule has 0 bridgehead atoms. The minimum atomic E-state index is -0.651. The fraction of sp³-hybridized carbons (Fsp3) is 0.500. The minimum Gasteiger partial charge on any atom is -0.399 e. The van der Waals surface area contributed by atoms with Crippen LogP contribution in [0.1, 0.15) is 31.2 Å². The molecule has 1 saturated carbocycles. The van der Waals surface area contributed by atoms with Crippen molar-refractivity contribution in [2.24, 2.45) is 0 Å². The van der Waals surface area contributed by atoms with Crippen molar-refractivity contribution in [3.8, 4) is 0 Å². The van der Waals surface area contributed by atoms with Gasteiger partial charge in [0.15, 0.2) is 0 Å². The summed E-state index contributed by atoms with van der Waals surface area (Å²) in [5, 5.41) is 12.6. The lowest BCUT2D eigenvalue weighted by Gasteiger charge is -2.36. The Bertz CT molecular complexity index is 428. The first-order chi connectivity index (χ1) is 8.59. The first kappa shape index (κ1) is 12.9. The van der Waals surface area contributed by atoms with Gasteiger partial charge in [-0.05, 0) is 37.3 Å². The zero-order valence-electron chi connectivity index (χ0n) is 10.5. The molecule has 18 heavy (non-hydrogen) atoms. The molecule has 1 aromatic rings. The molecule has 0 aromatic heterocycles. The summed E-state index contributed by atoms with van der Waals surface area (Å²) in [5.41, 5.74) is 6.88. The summed E-state index contributed by atoms with van der Waals surface area (Å²) in [6, 6.07) is 7.57. The van der Waals surface area contributed by atoms with E-state index in [-0.39, 0.29) is 5.91 Å². The van der Waals surface area contributed by atoms with Gasteiger partial charge in [0.05, 0.1) is 5.60 Å². The number of carbonyl (C=O) groups is 1. The van der Waals surface area contributed by atoms with Crippen LogP contribution < -0.4 is 11.1 Å². The molecule has 0 aliphatic heterocycles. The van der Waals surface area contributed by atoms with Crippen LogP contribution in [-0.4, -0.2) is 23.2 Å². The average Bonchev–Trinajstić information content (AvgIpc) is 2.33. The smallest absolute Gasteiger partial charge is 0.220 e. The molecule has 1 fully saturated rings. The number of aliphatic hydroxyl groups is 1. The second-order valence-electron chi connectivity index (χ2n) is 5.05. The fourth-order valence-electron chi connectivity index (χ4n) is 2.12. The number of amides is 1. The van der Waals surface area contributed by atoms with Gasteiger partial charge in [0.2, 0.25) is 5.91 Å². The van der Waals surface area contributed by atoms with Crippen molar-refractivity contribution < 1.29 is 9.90 Å². The number of para-hydroxylation sites is 1. The topological polar surface area (TPSA) is 75.4 Å². The molecule has 0 atom stereocenters. The van der Waals surface area contributed by atoms with E-state index in [0.717, 1.165) is 30.5 Å². The first-order valence-electron chi connectivity index (χ1n) is 6.42. The standard InChI is InChI=1S/C14H20N2O2/c15-12-5-2-1-4-11(12)6-7-13(17)16-10-14(18)8-3-9-14/h1-2,4-5,18H,3,6-10,15H2,(H,16,17). The third-order valence-corrected chi connectivity index (χ3v) is 3.58. The van der Waals surface area contributed by atoms with E-state index in [1.807, 2.05) is 24.3 Å². The first-order valence-corrected chi connectivity index (χ1v) is 6.42. The third kappa shape index (κ3) is 3.23. The van der Waals surface area contributed by atoms with E-state index >= 15 is 0 Å². The van der Waals surface area contributed by atoms with Crippen LogP contribution in [0, 0.1) is 0 Å². The molecule has 1 amide bonds. The average molecular weight is 248 g/mol. The quantitative estimate of drug-likeness (QED) is 0.686. The van der Waals surface area contributed by atoms with Crippen molar-refractivity contribution in [3.63, 3.8) is 0 Å². The predicted octanol–water partition coefficient (Wildman–Crippen LogP) is 1.23. The highest BCUT2D eigenvalue weighted by atomic mass is 16.3. The van der Waals surface area contributed by atoms with E-state index in [1.54, 1.807) is 0 Å². The Hall–Kier alpha value is -1.55. The lowest BCUT2D eigenvalue weighted by Crippen LogP contribution is -2.47. The number of nitrogens with one attached hydrogen (secondary N) is 1. The summed E-state index contributed by atoms with van der Waals surface area (Å²) in [6.45, 7) is 0.371. The zero-order valence-corrected chi connectivity index (χ0v) is 10.5. The number of hydrogen-bond donors (Lipinski definition) is 3. The van der Waals surface area contributed by atoms with Crippen LogP contribution in [-0.2, 0) is 11.2 Å². The number of carbonyl (C=O) groups excluding carboxylic acids is 1. The molecule has 1 aliphatic carbocycles. The van der Waals surface area contributed by atoms with Crippen LogP contribution in [0.25, 0.3) is 0 Å². The van der Waals surface area contributed by atoms with Crippen molar-refractivity contribution in [1.29, 1.82) is 0 Å². The lowest BCUT2D eigenvalue weighted by molar-refractivity contribution is -0.123. The van der Waals surface area contributed by atoms with E-state index in [9.17, 15) is 9.90 Å². The molecule has 0 heterocycles. The van der Waals surface area contributed by atoms with Crippen molar-refractivity contribution >= 4 is 11.6 Å². The van der Waals surface area contributed by atoms with Gasteiger partial charge >= 0.3 is 0 Å². The Morgan fingerprint density at radius 2 is 2.11 bits per heavy atom. The molecule has 4 heteroatoms.